The van der Waals surface area contributed by atoms with Crippen molar-refractivity contribution in [3.63, 3.8) is 0 Å². The van der Waals surface area contributed by atoms with E-state index in [2.05, 4.69) is 0 Å². The number of hydrogen-bond acceptors (Lipinski definition) is 4. The molecule has 1 aromatic rings. The number of carboxylic acid groups (broad SMARTS) is 1. The van der Waals surface area contributed by atoms with E-state index in [1.807, 2.05) is 18.2 Å². The van der Waals surface area contributed by atoms with E-state index in [-0.39, 0.29) is 6.61 Å². The number of carbonyl (C=O) groups is 1. The molecule has 0 radical (unpaired) electrons. The van der Waals surface area contributed by atoms with E-state index in [9.17, 15) is 4.79 Å². The Morgan fingerprint density at radius 2 is 2.22 bits per heavy atom. The summed E-state index contributed by atoms with van der Waals surface area (Å²) in [5.41, 5.74) is 0.790. The minimum Gasteiger partial charge on any atom is -0.493 e. The maximum Gasteiger partial charge on any atom is 0.328 e. The van der Waals surface area contributed by atoms with Crippen LogP contribution in [0.5, 0.6) is 5.75 Å². The van der Waals surface area contributed by atoms with Crippen LogP contribution in [0.4, 0.5) is 0 Å². The normalized spacial score (nSPS) is 10.7. The summed E-state index contributed by atoms with van der Waals surface area (Å²) in [5.74, 6) is 1.27. The van der Waals surface area contributed by atoms with Crippen molar-refractivity contribution >= 4 is 23.8 Å². The maximum atomic E-state index is 10.4. The number of thioether (sulfide) groups is 1. The van der Waals surface area contributed by atoms with E-state index in [1.54, 1.807) is 17.8 Å². The number of aliphatic carboxylic acids is 1. The summed E-state index contributed by atoms with van der Waals surface area (Å²) in [6.45, 7) is 0.747. The summed E-state index contributed by atoms with van der Waals surface area (Å²) in [6, 6.07) is 7.25. The molecule has 98 valence electrons. The van der Waals surface area contributed by atoms with Crippen LogP contribution in [0.1, 0.15) is 5.56 Å². The van der Waals surface area contributed by atoms with Gasteiger partial charge in [0.1, 0.15) is 5.75 Å². The van der Waals surface area contributed by atoms with Crippen LogP contribution in [0.25, 0.3) is 6.08 Å². The molecule has 0 spiro atoms. The topological polar surface area (TPSA) is 66.8 Å². The largest absolute Gasteiger partial charge is 0.493 e. The van der Waals surface area contributed by atoms with E-state index in [0.29, 0.717) is 18.1 Å². The predicted octanol–water partition coefficient (Wildman–Crippen LogP) is 1.89. The van der Waals surface area contributed by atoms with Gasteiger partial charge in [-0.25, -0.2) is 4.79 Å². The fourth-order valence-corrected chi connectivity index (χ4v) is 1.79. The van der Waals surface area contributed by atoms with Gasteiger partial charge in [-0.05, 0) is 23.8 Å². The molecule has 0 aliphatic heterocycles. The molecule has 0 aromatic heterocycles. The predicted molar refractivity (Wildman–Crippen MR) is 73.0 cm³/mol. The van der Waals surface area contributed by atoms with Crippen molar-refractivity contribution in [2.24, 2.45) is 0 Å². The van der Waals surface area contributed by atoms with Crippen molar-refractivity contribution < 1.29 is 19.7 Å². The Morgan fingerprint density at radius 3 is 2.94 bits per heavy atom. The molecule has 1 rings (SSSR count). The molecule has 5 heteroatoms. The standard InChI is InChI=1S/C13H16O4S/c14-6-8-18-9-7-17-12-3-1-2-11(10-12)4-5-13(15)16/h1-5,10,14H,6-9H2,(H,15,16)/b5-4+. The molecule has 2 N–H and O–H groups in total. The zero-order valence-corrected chi connectivity index (χ0v) is 10.7. The van der Waals surface area contributed by atoms with Gasteiger partial charge in [-0.3, -0.25) is 0 Å². The Labute approximate surface area is 110 Å². The number of hydrogen-bond donors (Lipinski definition) is 2. The fraction of sp³-hybridized carbons (Fsp3) is 0.308. The van der Waals surface area contributed by atoms with Gasteiger partial charge in [0.25, 0.3) is 0 Å². The highest BCUT2D eigenvalue weighted by molar-refractivity contribution is 7.99. The highest BCUT2D eigenvalue weighted by Crippen LogP contribution is 2.15. The number of benzene rings is 1. The molecule has 0 saturated carbocycles. The highest BCUT2D eigenvalue weighted by atomic mass is 32.2. The van der Waals surface area contributed by atoms with Crippen molar-refractivity contribution in [2.45, 2.75) is 0 Å². The number of aliphatic hydroxyl groups excluding tert-OH is 1. The third-order valence-electron chi connectivity index (χ3n) is 2.01. The van der Waals surface area contributed by atoms with Crippen LogP contribution in [0, 0.1) is 0 Å². The van der Waals surface area contributed by atoms with Gasteiger partial charge in [-0.2, -0.15) is 11.8 Å². The Hall–Kier alpha value is -1.46. The molecule has 0 fully saturated rings. The summed E-state index contributed by atoms with van der Waals surface area (Å²) in [5, 5.41) is 17.1. The molecule has 0 saturated heterocycles. The highest BCUT2D eigenvalue weighted by Gasteiger charge is 1.96. The monoisotopic (exact) mass is 268 g/mol. The van der Waals surface area contributed by atoms with Crippen molar-refractivity contribution in [1.82, 2.24) is 0 Å². The second-order valence-electron chi connectivity index (χ2n) is 3.43. The first-order chi connectivity index (χ1) is 8.72. The van der Waals surface area contributed by atoms with Crippen LogP contribution < -0.4 is 4.74 Å². The van der Waals surface area contributed by atoms with Gasteiger partial charge in [0, 0.05) is 17.6 Å². The van der Waals surface area contributed by atoms with Gasteiger partial charge in [-0.15, -0.1) is 0 Å². The lowest BCUT2D eigenvalue weighted by molar-refractivity contribution is -0.131. The molecular weight excluding hydrogens is 252 g/mol. The molecule has 0 amide bonds. The molecule has 1 aromatic carbocycles. The van der Waals surface area contributed by atoms with Crippen molar-refractivity contribution in [1.29, 1.82) is 0 Å². The Bertz CT molecular complexity index is 404. The minimum atomic E-state index is -0.971. The number of aliphatic hydroxyl groups is 1. The molecule has 0 aliphatic rings. The SMILES string of the molecule is O=C(O)/C=C/c1cccc(OCCSCCO)c1. The number of carboxylic acids is 1. The van der Waals surface area contributed by atoms with Crippen LogP contribution >= 0.6 is 11.8 Å². The lowest BCUT2D eigenvalue weighted by Gasteiger charge is -2.06. The minimum absolute atomic E-state index is 0.181. The van der Waals surface area contributed by atoms with Gasteiger partial charge in [-0.1, -0.05) is 12.1 Å². The quantitative estimate of drug-likeness (QED) is 0.556. The average molecular weight is 268 g/mol. The smallest absolute Gasteiger partial charge is 0.328 e. The summed E-state index contributed by atoms with van der Waals surface area (Å²) in [7, 11) is 0. The van der Waals surface area contributed by atoms with E-state index < -0.39 is 5.97 Å². The van der Waals surface area contributed by atoms with Crippen molar-refractivity contribution in [3.05, 3.63) is 35.9 Å². The molecule has 0 heterocycles. The van der Waals surface area contributed by atoms with Gasteiger partial charge >= 0.3 is 5.97 Å². The molecule has 0 atom stereocenters. The van der Waals surface area contributed by atoms with Gasteiger partial charge < -0.3 is 14.9 Å². The lowest BCUT2D eigenvalue weighted by Crippen LogP contribution is -2.01. The van der Waals surface area contributed by atoms with Gasteiger partial charge in [0.05, 0.1) is 13.2 Å². The molecule has 18 heavy (non-hydrogen) atoms. The fourth-order valence-electron chi connectivity index (χ4n) is 1.26. The third kappa shape index (κ3) is 6.32. The Balaban J connectivity index is 2.42. The number of rotatable bonds is 8. The van der Waals surface area contributed by atoms with E-state index in [4.69, 9.17) is 14.9 Å². The second kappa shape index (κ2) is 8.60. The first kappa shape index (κ1) is 14.6. The van der Waals surface area contributed by atoms with E-state index >= 15 is 0 Å². The molecule has 0 bridgehead atoms. The van der Waals surface area contributed by atoms with E-state index in [0.717, 1.165) is 17.4 Å². The first-order valence-corrected chi connectivity index (χ1v) is 6.70. The zero-order chi connectivity index (χ0) is 13.2. The van der Waals surface area contributed by atoms with Crippen LogP contribution in [-0.4, -0.2) is 40.9 Å². The summed E-state index contributed by atoms with van der Waals surface area (Å²) in [6.07, 6.45) is 2.62. The molecule has 4 nitrogen and oxygen atoms in total. The summed E-state index contributed by atoms with van der Waals surface area (Å²) in [4.78, 5) is 10.4. The Kier molecular flexibility index (Phi) is 6.98. The molecule has 0 unspecified atom stereocenters. The van der Waals surface area contributed by atoms with Gasteiger partial charge in [0.2, 0.25) is 0 Å². The average Bonchev–Trinajstić information content (AvgIpc) is 2.37. The van der Waals surface area contributed by atoms with Crippen molar-refractivity contribution in [2.75, 3.05) is 24.7 Å². The first-order valence-electron chi connectivity index (χ1n) is 5.55. The van der Waals surface area contributed by atoms with Gasteiger partial charge in [0.15, 0.2) is 0 Å². The van der Waals surface area contributed by atoms with Crippen LogP contribution in [-0.2, 0) is 4.79 Å². The zero-order valence-electron chi connectivity index (χ0n) is 9.91. The number of ether oxygens (including phenoxy) is 1. The Morgan fingerprint density at radius 1 is 1.39 bits per heavy atom. The lowest BCUT2D eigenvalue weighted by atomic mass is 10.2. The van der Waals surface area contributed by atoms with Crippen LogP contribution in [0.2, 0.25) is 0 Å². The van der Waals surface area contributed by atoms with Crippen LogP contribution in [0.15, 0.2) is 30.3 Å². The van der Waals surface area contributed by atoms with Crippen LogP contribution in [0.3, 0.4) is 0 Å². The summed E-state index contributed by atoms with van der Waals surface area (Å²) < 4.78 is 5.52. The maximum absolute atomic E-state index is 10.4. The van der Waals surface area contributed by atoms with E-state index in [1.165, 1.54) is 6.08 Å². The molecular formula is C13H16O4S. The molecule has 0 aliphatic carbocycles. The third-order valence-corrected chi connectivity index (χ3v) is 2.94. The van der Waals surface area contributed by atoms with Crippen molar-refractivity contribution in [3.8, 4) is 5.75 Å². The second-order valence-corrected chi connectivity index (χ2v) is 4.65. The summed E-state index contributed by atoms with van der Waals surface area (Å²) >= 11 is 1.62.